The molecule has 6 nitrogen and oxygen atoms in total. The van der Waals surface area contributed by atoms with Gasteiger partial charge in [-0.3, -0.25) is 4.79 Å². The van der Waals surface area contributed by atoms with Crippen molar-refractivity contribution in [3.63, 3.8) is 0 Å². The van der Waals surface area contributed by atoms with Gasteiger partial charge in [-0.1, -0.05) is 0 Å². The second-order valence-electron chi connectivity index (χ2n) is 4.46. The Balaban J connectivity index is 2.04. The number of hydrogen-bond donors (Lipinski definition) is 2. The van der Waals surface area contributed by atoms with Crippen molar-refractivity contribution in [1.29, 1.82) is 0 Å². The summed E-state index contributed by atoms with van der Waals surface area (Å²) in [7, 11) is -3.59. The molecule has 2 aliphatic rings. The number of likely N-dealkylation sites (tertiary alicyclic amines) is 1. The molecule has 2 fully saturated rings. The summed E-state index contributed by atoms with van der Waals surface area (Å²) in [6.45, 7) is 1.98. The highest BCUT2D eigenvalue weighted by atomic mass is 32.2. The number of amides is 1. The molecule has 0 aliphatic carbocycles. The van der Waals surface area contributed by atoms with Crippen molar-refractivity contribution < 1.29 is 13.2 Å². The van der Waals surface area contributed by atoms with Gasteiger partial charge in [-0.05, 0) is 19.4 Å². The predicted molar refractivity (Wildman–Crippen MR) is 59.1 cm³/mol. The number of nitrogens with one attached hydrogen (secondary N) is 1. The fourth-order valence-electron chi connectivity index (χ4n) is 2.37. The lowest BCUT2D eigenvalue weighted by Gasteiger charge is -2.31. The number of primary sulfonamides is 1. The van der Waals surface area contributed by atoms with Crippen LogP contribution in [0.15, 0.2) is 0 Å². The normalized spacial score (nSPS) is 32.1. The summed E-state index contributed by atoms with van der Waals surface area (Å²) >= 11 is 0. The highest BCUT2D eigenvalue weighted by Crippen LogP contribution is 2.21. The van der Waals surface area contributed by atoms with E-state index in [1.165, 1.54) is 0 Å². The Hall–Kier alpha value is -0.660. The maximum atomic E-state index is 11.7. The smallest absolute Gasteiger partial charge is 0.224 e. The molecule has 0 radical (unpaired) electrons. The Kier molecular flexibility index (Phi) is 3.18. The zero-order valence-corrected chi connectivity index (χ0v) is 9.87. The van der Waals surface area contributed by atoms with Crippen molar-refractivity contribution in [3.05, 3.63) is 0 Å². The van der Waals surface area contributed by atoms with E-state index < -0.39 is 15.3 Å². The molecule has 2 aliphatic heterocycles. The van der Waals surface area contributed by atoms with E-state index in [4.69, 9.17) is 5.14 Å². The Labute approximate surface area is 95.2 Å². The summed E-state index contributed by atoms with van der Waals surface area (Å²) in [6.07, 6.45) is 2.00. The molecule has 0 aromatic rings. The van der Waals surface area contributed by atoms with Crippen LogP contribution in [0, 0.1) is 0 Å². The summed E-state index contributed by atoms with van der Waals surface area (Å²) in [6, 6.07) is 0.132. The molecule has 92 valence electrons. The van der Waals surface area contributed by atoms with Crippen molar-refractivity contribution in [2.45, 2.75) is 30.6 Å². The van der Waals surface area contributed by atoms with Gasteiger partial charge in [0.1, 0.15) is 5.25 Å². The number of nitrogens with two attached hydrogens (primary N) is 1. The fraction of sp³-hybridized carbons (Fsp3) is 0.889. The van der Waals surface area contributed by atoms with E-state index in [1.54, 1.807) is 4.90 Å². The van der Waals surface area contributed by atoms with Crippen LogP contribution in [0.5, 0.6) is 0 Å². The van der Waals surface area contributed by atoms with Crippen LogP contribution in [0.4, 0.5) is 0 Å². The van der Waals surface area contributed by atoms with Gasteiger partial charge in [0.2, 0.25) is 15.9 Å². The van der Waals surface area contributed by atoms with Crippen molar-refractivity contribution in [2.24, 2.45) is 5.14 Å². The standard InChI is InChI=1S/C9H17N3O3S/c10-16(14,15)8-4-9(13)12(6-8)7-2-1-3-11-5-7/h7-8,11H,1-6H2,(H2,10,14,15). The Morgan fingerprint density at radius 3 is 2.69 bits per heavy atom. The molecular formula is C9H17N3O3S. The van der Waals surface area contributed by atoms with E-state index in [-0.39, 0.29) is 24.9 Å². The first kappa shape index (κ1) is 11.8. The zero-order chi connectivity index (χ0) is 11.8. The average Bonchev–Trinajstić information content (AvgIpc) is 2.61. The van der Waals surface area contributed by atoms with Gasteiger partial charge in [-0.15, -0.1) is 0 Å². The molecule has 7 heteroatoms. The first-order valence-electron chi connectivity index (χ1n) is 5.50. The lowest BCUT2D eigenvalue weighted by molar-refractivity contribution is -0.129. The monoisotopic (exact) mass is 247 g/mol. The van der Waals surface area contributed by atoms with Crippen molar-refractivity contribution in [2.75, 3.05) is 19.6 Å². The number of hydrogen-bond acceptors (Lipinski definition) is 4. The Bertz CT molecular complexity index is 375. The second-order valence-corrected chi connectivity index (χ2v) is 6.31. The molecule has 2 atom stereocenters. The van der Waals surface area contributed by atoms with Crippen LogP contribution in [0.1, 0.15) is 19.3 Å². The number of sulfonamides is 1. The van der Waals surface area contributed by atoms with Gasteiger partial charge in [0.25, 0.3) is 0 Å². The number of nitrogens with zero attached hydrogens (tertiary/aromatic N) is 1. The van der Waals surface area contributed by atoms with Gasteiger partial charge in [0.05, 0.1) is 0 Å². The van der Waals surface area contributed by atoms with Crippen LogP contribution in [-0.4, -0.2) is 50.2 Å². The SMILES string of the molecule is NS(=O)(=O)C1CC(=O)N(C2CCCNC2)C1. The van der Waals surface area contributed by atoms with Crippen LogP contribution in [0.2, 0.25) is 0 Å². The number of rotatable bonds is 2. The minimum absolute atomic E-state index is 0.0370. The Morgan fingerprint density at radius 1 is 1.44 bits per heavy atom. The summed E-state index contributed by atoms with van der Waals surface area (Å²) in [4.78, 5) is 13.4. The number of carbonyl (C=O) groups excluding carboxylic acids is 1. The molecule has 2 rings (SSSR count). The molecular weight excluding hydrogens is 230 g/mol. The van der Waals surface area contributed by atoms with Crippen molar-refractivity contribution in [3.8, 4) is 0 Å². The lowest BCUT2D eigenvalue weighted by atomic mass is 10.1. The molecule has 2 saturated heterocycles. The van der Waals surface area contributed by atoms with Crippen molar-refractivity contribution >= 4 is 15.9 Å². The summed E-state index contributed by atoms with van der Waals surface area (Å²) in [5.41, 5.74) is 0. The number of piperidine rings is 1. The first-order valence-corrected chi connectivity index (χ1v) is 7.11. The molecule has 3 N–H and O–H groups in total. The van der Waals surface area contributed by atoms with Crippen LogP contribution >= 0.6 is 0 Å². The van der Waals surface area contributed by atoms with Crippen LogP contribution < -0.4 is 10.5 Å². The van der Waals surface area contributed by atoms with Gasteiger partial charge < -0.3 is 10.2 Å². The molecule has 0 saturated carbocycles. The molecule has 1 amide bonds. The van der Waals surface area contributed by atoms with Crippen LogP contribution in [0.3, 0.4) is 0 Å². The molecule has 2 heterocycles. The van der Waals surface area contributed by atoms with E-state index in [2.05, 4.69) is 5.32 Å². The van der Waals surface area contributed by atoms with Gasteiger partial charge in [-0.25, -0.2) is 13.6 Å². The molecule has 0 bridgehead atoms. The minimum atomic E-state index is -3.59. The topological polar surface area (TPSA) is 92.5 Å². The third kappa shape index (κ3) is 2.36. The van der Waals surface area contributed by atoms with Gasteiger partial charge >= 0.3 is 0 Å². The zero-order valence-electron chi connectivity index (χ0n) is 9.05. The maximum absolute atomic E-state index is 11.7. The predicted octanol–water partition coefficient (Wildman–Crippen LogP) is -1.37. The number of carbonyl (C=O) groups is 1. The molecule has 2 unspecified atom stereocenters. The summed E-state index contributed by atoms with van der Waals surface area (Å²) in [5, 5.41) is 7.56. The maximum Gasteiger partial charge on any atom is 0.224 e. The first-order chi connectivity index (χ1) is 7.48. The third-order valence-corrected chi connectivity index (χ3v) is 4.54. The van der Waals surface area contributed by atoms with E-state index in [1.807, 2.05) is 0 Å². The summed E-state index contributed by atoms with van der Waals surface area (Å²) < 4.78 is 22.4. The average molecular weight is 247 g/mol. The van der Waals surface area contributed by atoms with E-state index >= 15 is 0 Å². The van der Waals surface area contributed by atoms with Crippen LogP contribution in [0.25, 0.3) is 0 Å². The highest BCUT2D eigenvalue weighted by molar-refractivity contribution is 7.89. The van der Waals surface area contributed by atoms with Gasteiger partial charge in [-0.2, -0.15) is 0 Å². The Morgan fingerprint density at radius 2 is 2.19 bits per heavy atom. The third-order valence-electron chi connectivity index (χ3n) is 3.30. The van der Waals surface area contributed by atoms with Gasteiger partial charge in [0, 0.05) is 25.6 Å². The molecule has 0 aromatic carbocycles. The quantitative estimate of drug-likeness (QED) is 0.629. The van der Waals surface area contributed by atoms with Crippen LogP contribution in [-0.2, 0) is 14.8 Å². The van der Waals surface area contributed by atoms with E-state index in [0.717, 1.165) is 25.9 Å². The lowest BCUT2D eigenvalue weighted by Crippen LogP contribution is -2.47. The second kappa shape index (κ2) is 4.31. The molecule has 0 spiro atoms. The fourth-order valence-corrected chi connectivity index (χ4v) is 3.11. The highest BCUT2D eigenvalue weighted by Gasteiger charge is 2.39. The van der Waals surface area contributed by atoms with E-state index in [0.29, 0.717) is 0 Å². The van der Waals surface area contributed by atoms with Gasteiger partial charge in [0.15, 0.2) is 0 Å². The largest absolute Gasteiger partial charge is 0.337 e. The van der Waals surface area contributed by atoms with E-state index in [9.17, 15) is 13.2 Å². The molecule has 16 heavy (non-hydrogen) atoms. The molecule has 0 aromatic heterocycles. The van der Waals surface area contributed by atoms with Crippen molar-refractivity contribution in [1.82, 2.24) is 10.2 Å². The minimum Gasteiger partial charge on any atom is -0.337 e. The summed E-state index contributed by atoms with van der Waals surface area (Å²) in [5.74, 6) is -0.0901.